The van der Waals surface area contributed by atoms with Gasteiger partial charge in [-0.15, -0.1) is 0 Å². The average Bonchev–Trinajstić information content (AvgIpc) is 2.50. The molecule has 0 spiro atoms. The number of alkyl halides is 3. The SMILES string of the molecule is CC(COc1ccc(-c2ccnc(F)c2)cc1C(F)(F)F)CC(C)(C)N. The van der Waals surface area contributed by atoms with E-state index in [9.17, 15) is 17.6 Å². The molecule has 1 unspecified atom stereocenters. The third-order valence-corrected chi connectivity index (χ3v) is 3.74. The van der Waals surface area contributed by atoms with Crippen LogP contribution in [0.25, 0.3) is 11.1 Å². The number of ether oxygens (including phenoxy) is 1. The van der Waals surface area contributed by atoms with Crippen LogP contribution in [0, 0.1) is 11.9 Å². The summed E-state index contributed by atoms with van der Waals surface area (Å²) >= 11 is 0. The van der Waals surface area contributed by atoms with E-state index in [0.717, 1.165) is 12.1 Å². The van der Waals surface area contributed by atoms with E-state index in [1.807, 2.05) is 20.8 Å². The second-order valence-electron chi connectivity index (χ2n) is 7.18. The highest BCUT2D eigenvalue weighted by molar-refractivity contribution is 5.65. The van der Waals surface area contributed by atoms with Crippen LogP contribution in [-0.2, 0) is 6.18 Å². The minimum absolute atomic E-state index is 0.00921. The minimum atomic E-state index is -4.59. The van der Waals surface area contributed by atoms with Gasteiger partial charge >= 0.3 is 6.18 Å². The Kier molecular flexibility index (Phi) is 5.91. The molecule has 0 bridgehead atoms. The van der Waals surface area contributed by atoms with E-state index in [-0.39, 0.29) is 23.8 Å². The highest BCUT2D eigenvalue weighted by Crippen LogP contribution is 2.39. The molecule has 0 saturated heterocycles. The van der Waals surface area contributed by atoms with Crippen molar-refractivity contribution in [1.29, 1.82) is 0 Å². The molecule has 7 heteroatoms. The molecule has 26 heavy (non-hydrogen) atoms. The molecule has 2 aromatic rings. The van der Waals surface area contributed by atoms with Gasteiger partial charge in [0.15, 0.2) is 0 Å². The maximum atomic E-state index is 13.4. The number of nitrogens with zero attached hydrogens (tertiary/aromatic N) is 1. The molecule has 1 atom stereocenters. The molecule has 1 aromatic heterocycles. The van der Waals surface area contributed by atoms with Gasteiger partial charge in [0, 0.05) is 17.8 Å². The average molecular weight is 370 g/mol. The van der Waals surface area contributed by atoms with Crippen molar-refractivity contribution in [1.82, 2.24) is 4.98 Å². The Morgan fingerprint density at radius 3 is 2.35 bits per heavy atom. The maximum absolute atomic E-state index is 13.4. The van der Waals surface area contributed by atoms with Crippen LogP contribution >= 0.6 is 0 Å². The first-order valence-corrected chi connectivity index (χ1v) is 8.20. The fourth-order valence-electron chi connectivity index (χ4n) is 2.83. The number of benzene rings is 1. The molecular weight excluding hydrogens is 348 g/mol. The lowest BCUT2D eigenvalue weighted by molar-refractivity contribution is -0.139. The summed E-state index contributed by atoms with van der Waals surface area (Å²) in [7, 11) is 0. The maximum Gasteiger partial charge on any atom is 0.419 e. The van der Waals surface area contributed by atoms with Gasteiger partial charge in [-0.05, 0) is 55.5 Å². The summed E-state index contributed by atoms with van der Waals surface area (Å²) in [6.45, 7) is 5.70. The van der Waals surface area contributed by atoms with Crippen LogP contribution in [-0.4, -0.2) is 17.1 Å². The summed E-state index contributed by atoms with van der Waals surface area (Å²) in [6.07, 6.45) is -2.77. The summed E-state index contributed by atoms with van der Waals surface area (Å²) in [5.41, 5.74) is 5.16. The topological polar surface area (TPSA) is 48.1 Å². The predicted octanol–water partition coefficient (Wildman–Crippen LogP) is 5.05. The van der Waals surface area contributed by atoms with Crippen LogP contribution in [0.15, 0.2) is 36.5 Å². The van der Waals surface area contributed by atoms with E-state index in [4.69, 9.17) is 10.5 Å². The highest BCUT2D eigenvalue weighted by atomic mass is 19.4. The third kappa shape index (κ3) is 5.69. The van der Waals surface area contributed by atoms with Crippen LogP contribution in [0.3, 0.4) is 0 Å². The van der Waals surface area contributed by atoms with E-state index in [2.05, 4.69) is 4.98 Å². The molecule has 0 saturated carbocycles. The normalized spacial score (nSPS) is 13.5. The van der Waals surface area contributed by atoms with Crippen molar-refractivity contribution in [3.63, 3.8) is 0 Å². The van der Waals surface area contributed by atoms with Crippen LogP contribution < -0.4 is 10.5 Å². The molecule has 0 amide bonds. The molecule has 0 aliphatic carbocycles. The van der Waals surface area contributed by atoms with Gasteiger partial charge in [-0.25, -0.2) is 4.98 Å². The predicted molar refractivity (Wildman–Crippen MR) is 92.2 cm³/mol. The van der Waals surface area contributed by atoms with E-state index in [1.165, 1.54) is 24.4 Å². The molecule has 1 heterocycles. The molecule has 0 aliphatic heterocycles. The largest absolute Gasteiger partial charge is 0.493 e. The molecule has 0 aliphatic rings. The summed E-state index contributed by atoms with van der Waals surface area (Å²) < 4.78 is 59.0. The van der Waals surface area contributed by atoms with Gasteiger partial charge in [0.05, 0.1) is 12.2 Å². The fourth-order valence-corrected chi connectivity index (χ4v) is 2.83. The number of nitrogens with two attached hydrogens (primary N) is 1. The summed E-state index contributed by atoms with van der Waals surface area (Å²) in [5.74, 6) is -1.02. The first-order valence-electron chi connectivity index (χ1n) is 8.20. The smallest absolute Gasteiger partial charge is 0.419 e. The zero-order valence-electron chi connectivity index (χ0n) is 14.9. The van der Waals surface area contributed by atoms with Crippen molar-refractivity contribution in [2.24, 2.45) is 11.7 Å². The van der Waals surface area contributed by atoms with Crippen LogP contribution in [0.5, 0.6) is 5.75 Å². The van der Waals surface area contributed by atoms with Crippen molar-refractivity contribution in [2.45, 2.75) is 38.9 Å². The number of halogens is 4. The van der Waals surface area contributed by atoms with Crippen molar-refractivity contribution in [3.05, 3.63) is 48.0 Å². The van der Waals surface area contributed by atoms with Crippen LogP contribution in [0.4, 0.5) is 17.6 Å². The molecule has 2 rings (SSSR count). The van der Waals surface area contributed by atoms with E-state index < -0.39 is 23.2 Å². The lowest BCUT2D eigenvalue weighted by Crippen LogP contribution is -2.35. The summed E-state index contributed by atoms with van der Waals surface area (Å²) in [6, 6.07) is 6.22. The van der Waals surface area contributed by atoms with Gasteiger partial charge in [-0.1, -0.05) is 13.0 Å². The van der Waals surface area contributed by atoms with Crippen LogP contribution in [0.1, 0.15) is 32.8 Å². The molecule has 142 valence electrons. The Morgan fingerprint density at radius 2 is 1.77 bits per heavy atom. The fraction of sp³-hybridized carbons (Fsp3) is 0.421. The number of pyridine rings is 1. The van der Waals surface area contributed by atoms with Gasteiger partial charge in [0.25, 0.3) is 0 Å². The second kappa shape index (κ2) is 7.61. The monoisotopic (exact) mass is 370 g/mol. The number of rotatable bonds is 6. The highest BCUT2D eigenvalue weighted by Gasteiger charge is 2.35. The third-order valence-electron chi connectivity index (χ3n) is 3.74. The molecule has 0 fully saturated rings. The standard InChI is InChI=1S/C19H22F4N2O/c1-12(10-18(2,3)24)11-26-16-5-4-13(8-15(16)19(21,22)23)14-6-7-25-17(20)9-14/h4-9,12H,10-11,24H2,1-3H3. The Morgan fingerprint density at radius 1 is 1.12 bits per heavy atom. The number of hydrogen-bond acceptors (Lipinski definition) is 3. The Balaban J connectivity index is 2.27. The number of hydrogen-bond donors (Lipinski definition) is 1. The van der Waals surface area contributed by atoms with Crippen LogP contribution in [0.2, 0.25) is 0 Å². The molecular formula is C19H22F4N2O. The van der Waals surface area contributed by atoms with Crippen molar-refractivity contribution in [2.75, 3.05) is 6.61 Å². The Labute approximate surface area is 150 Å². The van der Waals surface area contributed by atoms with E-state index in [0.29, 0.717) is 12.0 Å². The zero-order chi connectivity index (χ0) is 19.5. The van der Waals surface area contributed by atoms with Gasteiger partial charge in [-0.3, -0.25) is 0 Å². The van der Waals surface area contributed by atoms with Gasteiger partial charge in [0.1, 0.15) is 5.75 Å². The summed E-state index contributed by atoms with van der Waals surface area (Å²) in [4.78, 5) is 3.41. The molecule has 0 radical (unpaired) electrons. The van der Waals surface area contributed by atoms with Crippen molar-refractivity contribution in [3.8, 4) is 16.9 Å². The quantitative estimate of drug-likeness (QED) is 0.572. The van der Waals surface area contributed by atoms with Gasteiger partial charge < -0.3 is 10.5 Å². The molecule has 3 nitrogen and oxygen atoms in total. The molecule has 1 aromatic carbocycles. The van der Waals surface area contributed by atoms with Crippen molar-refractivity contribution < 1.29 is 22.3 Å². The first-order chi connectivity index (χ1) is 12.0. The lowest BCUT2D eigenvalue weighted by Gasteiger charge is -2.24. The Hall–Kier alpha value is -2.15. The Bertz CT molecular complexity index is 754. The lowest BCUT2D eigenvalue weighted by atomic mass is 9.93. The van der Waals surface area contributed by atoms with Crippen molar-refractivity contribution >= 4 is 0 Å². The minimum Gasteiger partial charge on any atom is -0.493 e. The number of aromatic nitrogens is 1. The zero-order valence-corrected chi connectivity index (χ0v) is 14.9. The van der Waals surface area contributed by atoms with Gasteiger partial charge in [-0.2, -0.15) is 17.6 Å². The first kappa shape index (κ1) is 20.2. The van der Waals surface area contributed by atoms with E-state index >= 15 is 0 Å². The second-order valence-corrected chi connectivity index (χ2v) is 7.18. The molecule has 2 N–H and O–H groups in total. The van der Waals surface area contributed by atoms with E-state index in [1.54, 1.807) is 0 Å². The summed E-state index contributed by atoms with van der Waals surface area (Å²) in [5, 5.41) is 0. The van der Waals surface area contributed by atoms with Gasteiger partial charge in [0.2, 0.25) is 5.95 Å².